The van der Waals surface area contributed by atoms with E-state index in [0.717, 1.165) is 22.5 Å². The van der Waals surface area contributed by atoms with Crippen molar-refractivity contribution < 1.29 is 18.7 Å². The molecule has 1 aromatic heterocycles. The molecule has 4 rings (SSSR count). The van der Waals surface area contributed by atoms with Crippen molar-refractivity contribution >= 4 is 17.9 Å². The molecule has 0 radical (unpaired) electrons. The third-order valence-corrected chi connectivity index (χ3v) is 5.97. The van der Waals surface area contributed by atoms with Gasteiger partial charge in [0, 0.05) is 25.2 Å². The summed E-state index contributed by atoms with van der Waals surface area (Å²) in [6.07, 6.45) is 8.55. The minimum absolute atomic E-state index is 0.0827. The molecule has 2 N–H and O–H groups in total. The Balaban J connectivity index is 1.46. The van der Waals surface area contributed by atoms with Crippen molar-refractivity contribution in [2.75, 3.05) is 13.7 Å². The molecule has 0 bridgehead atoms. The van der Waals surface area contributed by atoms with Gasteiger partial charge in [-0.3, -0.25) is 9.59 Å². The van der Waals surface area contributed by atoms with Crippen LogP contribution in [0.25, 0.3) is 11.8 Å². The molecule has 0 spiro atoms. The number of methoxy groups -OCH3 is 1. The Bertz CT molecular complexity index is 1220. The van der Waals surface area contributed by atoms with Gasteiger partial charge >= 0.3 is 0 Å². The number of halogens is 1. The van der Waals surface area contributed by atoms with Crippen molar-refractivity contribution in [3.8, 4) is 11.4 Å². The quantitative estimate of drug-likeness (QED) is 0.525. The average molecular weight is 463 g/mol. The van der Waals surface area contributed by atoms with E-state index < -0.39 is 5.54 Å². The first-order valence-corrected chi connectivity index (χ1v) is 11.1. The number of ether oxygens (including phenoxy) is 1. The second-order valence-electron chi connectivity index (χ2n) is 8.40. The van der Waals surface area contributed by atoms with Crippen LogP contribution in [-0.2, 0) is 15.1 Å². The Morgan fingerprint density at radius 3 is 2.76 bits per heavy atom. The van der Waals surface area contributed by atoms with E-state index in [9.17, 15) is 14.0 Å². The first kappa shape index (κ1) is 23.2. The van der Waals surface area contributed by atoms with Crippen molar-refractivity contribution in [1.82, 2.24) is 20.2 Å². The highest BCUT2D eigenvalue weighted by molar-refractivity contribution is 5.92. The molecule has 1 aliphatic heterocycles. The number of rotatable bonds is 7. The van der Waals surface area contributed by atoms with Crippen LogP contribution >= 0.6 is 0 Å². The maximum atomic E-state index is 13.4. The number of hydrogen-bond donors (Lipinski definition) is 2. The van der Waals surface area contributed by atoms with Gasteiger partial charge in [-0.2, -0.15) is 0 Å². The Hall–Kier alpha value is -3.94. The van der Waals surface area contributed by atoms with Gasteiger partial charge in [-0.25, -0.2) is 9.37 Å². The van der Waals surface area contributed by atoms with Crippen LogP contribution in [0.3, 0.4) is 0 Å². The summed E-state index contributed by atoms with van der Waals surface area (Å²) >= 11 is 0. The first-order valence-electron chi connectivity index (χ1n) is 11.1. The number of nitrogens with zero attached hydrogens (tertiary/aromatic N) is 2. The van der Waals surface area contributed by atoms with E-state index in [-0.39, 0.29) is 24.2 Å². The van der Waals surface area contributed by atoms with Crippen LogP contribution in [0, 0.1) is 12.7 Å². The summed E-state index contributed by atoms with van der Waals surface area (Å²) in [6.45, 7) is 2.12. The van der Waals surface area contributed by atoms with Crippen LogP contribution in [0.5, 0.6) is 5.75 Å². The zero-order valence-electron chi connectivity index (χ0n) is 19.2. The highest BCUT2D eigenvalue weighted by Gasteiger charge is 2.36. The number of hydrogen-bond acceptors (Lipinski definition) is 4. The highest BCUT2D eigenvalue weighted by Crippen LogP contribution is 2.30. The second kappa shape index (κ2) is 9.91. The van der Waals surface area contributed by atoms with Crippen molar-refractivity contribution in [3.05, 3.63) is 83.7 Å². The Morgan fingerprint density at radius 1 is 1.29 bits per heavy atom. The van der Waals surface area contributed by atoms with E-state index in [1.807, 2.05) is 35.9 Å². The van der Waals surface area contributed by atoms with Crippen LogP contribution < -0.4 is 15.4 Å². The molecule has 0 aliphatic carbocycles. The summed E-state index contributed by atoms with van der Waals surface area (Å²) in [5, 5.41) is 5.90. The Kier molecular flexibility index (Phi) is 6.77. The van der Waals surface area contributed by atoms with Gasteiger partial charge in [0.2, 0.25) is 11.8 Å². The van der Waals surface area contributed by atoms with E-state index in [0.29, 0.717) is 25.0 Å². The van der Waals surface area contributed by atoms with Crippen LogP contribution in [0.1, 0.15) is 36.1 Å². The van der Waals surface area contributed by atoms with Crippen molar-refractivity contribution in [2.45, 2.75) is 31.7 Å². The standard InChI is InChI=1S/C26H27FN4O3/c1-18-15-31(17-29-18)22-11-5-19(14-23(22)34-2)6-12-24(32)28-16-26(13-3-4-25(33)30-26)20-7-9-21(27)10-8-20/h5-12,14-15,17H,3-4,13,16H2,1-2H3,(H,28,32)(H,30,33). The molecule has 1 fully saturated rings. The monoisotopic (exact) mass is 462 g/mol. The predicted octanol–water partition coefficient (Wildman–Crippen LogP) is 3.65. The number of aryl methyl sites for hydroxylation is 1. The zero-order chi connectivity index (χ0) is 24.1. The van der Waals surface area contributed by atoms with E-state index in [4.69, 9.17) is 4.74 Å². The van der Waals surface area contributed by atoms with E-state index in [1.165, 1.54) is 18.2 Å². The number of amides is 2. The van der Waals surface area contributed by atoms with Crippen LogP contribution in [0.4, 0.5) is 4.39 Å². The third kappa shape index (κ3) is 5.17. The minimum Gasteiger partial charge on any atom is -0.495 e. The topological polar surface area (TPSA) is 85.2 Å². The number of nitrogens with one attached hydrogen (secondary N) is 2. The van der Waals surface area contributed by atoms with Crippen molar-refractivity contribution in [2.24, 2.45) is 0 Å². The van der Waals surface area contributed by atoms with Crippen LogP contribution in [-0.4, -0.2) is 35.0 Å². The molecule has 3 aromatic rings. The summed E-state index contributed by atoms with van der Waals surface area (Å²) in [5.74, 6) is -0.0759. The molecule has 1 saturated heterocycles. The van der Waals surface area contributed by atoms with Gasteiger partial charge < -0.3 is 19.9 Å². The highest BCUT2D eigenvalue weighted by atomic mass is 19.1. The van der Waals surface area contributed by atoms with Gasteiger partial charge in [-0.1, -0.05) is 18.2 Å². The number of aromatic nitrogens is 2. The molecular weight excluding hydrogens is 435 g/mol. The molecular formula is C26H27FN4O3. The largest absolute Gasteiger partial charge is 0.495 e. The molecule has 2 amide bonds. The number of piperidine rings is 1. The summed E-state index contributed by atoms with van der Waals surface area (Å²) in [7, 11) is 1.59. The van der Waals surface area contributed by atoms with Crippen LogP contribution in [0.15, 0.2) is 61.1 Å². The normalized spacial score (nSPS) is 18.0. The summed E-state index contributed by atoms with van der Waals surface area (Å²) in [4.78, 5) is 29.0. The number of carbonyl (C=O) groups excluding carboxylic acids is 2. The smallest absolute Gasteiger partial charge is 0.244 e. The fraction of sp³-hybridized carbons (Fsp3) is 0.269. The van der Waals surface area contributed by atoms with Crippen molar-refractivity contribution in [1.29, 1.82) is 0 Å². The number of imidazole rings is 1. The fourth-order valence-corrected chi connectivity index (χ4v) is 4.20. The lowest BCUT2D eigenvalue weighted by molar-refractivity contribution is -0.126. The molecule has 2 heterocycles. The van der Waals surface area contributed by atoms with Gasteiger partial charge in [0.15, 0.2) is 0 Å². The van der Waals surface area contributed by atoms with E-state index in [1.54, 1.807) is 31.6 Å². The molecule has 1 aliphatic rings. The molecule has 1 atom stereocenters. The maximum Gasteiger partial charge on any atom is 0.244 e. The van der Waals surface area contributed by atoms with Gasteiger partial charge in [0.25, 0.3) is 0 Å². The first-order chi connectivity index (χ1) is 16.4. The van der Waals surface area contributed by atoms with E-state index in [2.05, 4.69) is 15.6 Å². The lowest BCUT2D eigenvalue weighted by atomic mass is 9.82. The molecule has 34 heavy (non-hydrogen) atoms. The predicted molar refractivity (Wildman–Crippen MR) is 127 cm³/mol. The molecule has 0 saturated carbocycles. The second-order valence-corrected chi connectivity index (χ2v) is 8.40. The number of benzene rings is 2. The Labute approximate surface area is 197 Å². The van der Waals surface area contributed by atoms with Gasteiger partial charge in [0.1, 0.15) is 11.6 Å². The van der Waals surface area contributed by atoms with Crippen LogP contribution in [0.2, 0.25) is 0 Å². The average Bonchev–Trinajstić information content (AvgIpc) is 3.27. The van der Waals surface area contributed by atoms with Gasteiger partial charge in [-0.05, 0) is 61.2 Å². The SMILES string of the molecule is COc1cc(C=CC(=O)NCC2(c3ccc(F)cc3)CCCC(=O)N2)ccc1-n1cnc(C)c1. The number of carbonyl (C=O) groups is 2. The maximum absolute atomic E-state index is 13.4. The zero-order valence-corrected chi connectivity index (χ0v) is 19.2. The van der Waals surface area contributed by atoms with Gasteiger partial charge in [-0.15, -0.1) is 0 Å². The van der Waals surface area contributed by atoms with Crippen molar-refractivity contribution in [3.63, 3.8) is 0 Å². The lowest BCUT2D eigenvalue weighted by Gasteiger charge is -2.38. The summed E-state index contributed by atoms with van der Waals surface area (Å²) in [5.41, 5.74) is 2.54. The molecule has 8 heteroatoms. The van der Waals surface area contributed by atoms with Gasteiger partial charge in [0.05, 0.1) is 30.4 Å². The third-order valence-electron chi connectivity index (χ3n) is 5.97. The lowest BCUT2D eigenvalue weighted by Crippen LogP contribution is -2.55. The molecule has 2 aromatic carbocycles. The fourth-order valence-electron chi connectivity index (χ4n) is 4.20. The molecule has 1 unspecified atom stereocenters. The summed E-state index contributed by atoms with van der Waals surface area (Å²) in [6, 6.07) is 11.7. The van der Waals surface area contributed by atoms with E-state index >= 15 is 0 Å². The Morgan fingerprint density at radius 2 is 2.09 bits per heavy atom. The molecule has 176 valence electrons. The molecule has 7 nitrogen and oxygen atoms in total. The summed E-state index contributed by atoms with van der Waals surface area (Å²) < 4.78 is 20.8. The minimum atomic E-state index is -0.764.